The highest BCUT2D eigenvalue weighted by Gasteiger charge is 2.27. The number of halogens is 2. The molecule has 0 saturated carbocycles. The molecule has 0 unspecified atom stereocenters. The number of hydrogen-bond donors (Lipinski definition) is 2. The lowest BCUT2D eigenvalue weighted by molar-refractivity contribution is 0.151. The van der Waals surface area contributed by atoms with Crippen molar-refractivity contribution in [1.29, 1.82) is 0 Å². The third-order valence-electron chi connectivity index (χ3n) is 3.73. The number of phenols is 1. The van der Waals surface area contributed by atoms with Gasteiger partial charge in [0.1, 0.15) is 5.75 Å². The van der Waals surface area contributed by atoms with Crippen LogP contribution in [-0.2, 0) is 0 Å². The Morgan fingerprint density at radius 1 is 1.20 bits per heavy atom. The van der Waals surface area contributed by atoms with E-state index in [1.807, 2.05) is 12.1 Å². The van der Waals surface area contributed by atoms with Crippen molar-refractivity contribution < 1.29 is 5.11 Å². The molecule has 0 aliphatic carbocycles. The van der Waals surface area contributed by atoms with Crippen molar-refractivity contribution in [1.82, 2.24) is 10.2 Å². The molecule has 1 fully saturated rings. The quantitative estimate of drug-likeness (QED) is 0.796. The maximum Gasteiger partial charge on any atom is 0.135 e. The molecule has 0 bridgehead atoms. The molecule has 2 N–H and O–H groups in total. The van der Waals surface area contributed by atoms with Crippen LogP contribution in [0.15, 0.2) is 21.1 Å². The minimum Gasteiger partial charge on any atom is -0.506 e. The van der Waals surface area contributed by atoms with E-state index < -0.39 is 0 Å². The van der Waals surface area contributed by atoms with Crippen LogP contribution in [-0.4, -0.2) is 36.2 Å². The Kier molecular flexibility index (Phi) is 5.90. The molecule has 0 amide bonds. The van der Waals surface area contributed by atoms with Crippen molar-refractivity contribution in [3.63, 3.8) is 0 Å². The van der Waals surface area contributed by atoms with Gasteiger partial charge in [-0.2, -0.15) is 0 Å². The number of hydrogen-bond acceptors (Lipinski definition) is 3. The zero-order valence-corrected chi connectivity index (χ0v) is 15.2. The van der Waals surface area contributed by atoms with E-state index in [-0.39, 0.29) is 6.04 Å². The highest BCUT2D eigenvalue weighted by Crippen LogP contribution is 2.42. The second-order valence-corrected chi connectivity index (χ2v) is 7.43. The van der Waals surface area contributed by atoms with Gasteiger partial charge in [-0.1, -0.05) is 29.8 Å². The van der Waals surface area contributed by atoms with E-state index >= 15 is 0 Å². The first-order valence-electron chi connectivity index (χ1n) is 7.12. The summed E-state index contributed by atoms with van der Waals surface area (Å²) in [6, 6.07) is 4.14. The van der Waals surface area contributed by atoms with Crippen molar-refractivity contribution in [3.05, 3.63) is 26.6 Å². The fraction of sp³-hybridized carbons (Fsp3) is 0.600. The second kappa shape index (κ2) is 7.25. The lowest BCUT2D eigenvalue weighted by Crippen LogP contribution is -2.45. The fourth-order valence-electron chi connectivity index (χ4n) is 2.76. The summed E-state index contributed by atoms with van der Waals surface area (Å²) in [5.41, 5.74) is 1.01. The number of piperazine rings is 1. The van der Waals surface area contributed by atoms with Gasteiger partial charge in [0.05, 0.1) is 4.47 Å². The van der Waals surface area contributed by atoms with Crippen LogP contribution in [0, 0.1) is 5.92 Å². The van der Waals surface area contributed by atoms with Crippen LogP contribution in [0.3, 0.4) is 0 Å². The van der Waals surface area contributed by atoms with Crippen LogP contribution in [0.25, 0.3) is 0 Å². The van der Waals surface area contributed by atoms with Gasteiger partial charge in [-0.3, -0.25) is 4.90 Å². The van der Waals surface area contributed by atoms with Crippen molar-refractivity contribution in [2.75, 3.05) is 26.2 Å². The van der Waals surface area contributed by atoms with Crippen molar-refractivity contribution in [3.8, 4) is 5.75 Å². The Morgan fingerprint density at radius 3 is 2.40 bits per heavy atom. The average molecular weight is 406 g/mol. The summed E-state index contributed by atoms with van der Waals surface area (Å²) in [5, 5.41) is 13.9. The number of nitrogens with zero attached hydrogens (tertiary/aromatic N) is 1. The Balaban J connectivity index is 2.37. The normalized spacial score (nSPS) is 18.4. The summed E-state index contributed by atoms with van der Waals surface area (Å²) in [6.07, 6.45) is 1.04. The highest BCUT2D eigenvalue weighted by atomic mass is 79.9. The lowest BCUT2D eigenvalue weighted by Gasteiger charge is -2.37. The smallest absolute Gasteiger partial charge is 0.135 e. The molecule has 1 saturated heterocycles. The largest absolute Gasteiger partial charge is 0.506 e. The third-order valence-corrected chi connectivity index (χ3v) is 5.07. The molecule has 112 valence electrons. The molecule has 5 heteroatoms. The summed E-state index contributed by atoms with van der Waals surface area (Å²) >= 11 is 7.05. The summed E-state index contributed by atoms with van der Waals surface area (Å²) in [5.74, 6) is 0.948. The van der Waals surface area contributed by atoms with Crippen molar-refractivity contribution in [2.24, 2.45) is 5.92 Å². The van der Waals surface area contributed by atoms with E-state index in [1.165, 1.54) is 0 Å². The number of nitrogens with one attached hydrogen (secondary N) is 1. The predicted molar refractivity (Wildman–Crippen MR) is 90.1 cm³/mol. The van der Waals surface area contributed by atoms with Gasteiger partial charge in [-0.05, 0) is 40.4 Å². The monoisotopic (exact) mass is 404 g/mol. The Bertz CT molecular complexity index is 459. The fourth-order valence-corrected chi connectivity index (χ4v) is 3.69. The SMILES string of the molecule is CC(C)C[C@@H](c1c(Br)ccc(Br)c1O)N1CCNCC1. The van der Waals surface area contributed by atoms with E-state index in [1.54, 1.807) is 0 Å². The van der Waals surface area contributed by atoms with E-state index in [4.69, 9.17) is 0 Å². The van der Waals surface area contributed by atoms with Crippen LogP contribution in [0.2, 0.25) is 0 Å². The summed E-state index contributed by atoms with van der Waals surface area (Å²) < 4.78 is 1.75. The standard InChI is InChI=1S/C15H22Br2N2O/c1-10(2)9-13(19-7-5-18-6-8-19)14-11(16)3-4-12(17)15(14)20/h3-4,10,13,18,20H,5-9H2,1-2H3/t13-/m0/s1. The summed E-state index contributed by atoms with van der Waals surface area (Å²) in [4.78, 5) is 2.47. The van der Waals surface area contributed by atoms with E-state index in [2.05, 4.69) is 55.9 Å². The predicted octanol–water partition coefficient (Wildman–Crippen LogP) is 3.91. The van der Waals surface area contributed by atoms with Gasteiger partial charge in [-0.25, -0.2) is 0 Å². The number of rotatable bonds is 4. The minimum absolute atomic E-state index is 0.254. The number of benzene rings is 1. The van der Waals surface area contributed by atoms with Gasteiger partial charge in [0.25, 0.3) is 0 Å². The first-order valence-corrected chi connectivity index (χ1v) is 8.71. The molecule has 1 atom stereocenters. The second-order valence-electron chi connectivity index (χ2n) is 5.72. The molecule has 1 aliphatic heterocycles. The van der Waals surface area contributed by atoms with Gasteiger partial charge in [0.2, 0.25) is 0 Å². The van der Waals surface area contributed by atoms with Gasteiger partial charge in [0, 0.05) is 42.3 Å². The molecule has 20 heavy (non-hydrogen) atoms. The molecular weight excluding hydrogens is 384 g/mol. The zero-order valence-electron chi connectivity index (χ0n) is 12.0. The van der Waals surface area contributed by atoms with Gasteiger partial charge in [-0.15, -0.1) is 0 Å². The first kappa shape index (κ1) is 16.3. The first-order chi connectivity index (χ1) is 9.50. The highest BCUT2D eigenvalue weighted by molar-refractivity contribution is 9.11. The molecule has 1 aromatic carbocycles. The van der Waals surface area contributed by atoms with Crippen LogP contribution in [0.4, 0.5) is 0 Å². The molecule has 1 aromatic rings. The maximum atomic E-state index is 10.5. The Morgan fingerprint density at radius 2 is 1.80 bits per heavy atom. The lowest BCUT2D eigenvalue weighted by atomic mass is 9.94. The topological polar surface area (TPSA) is 35.5 Å². The maximum absolute atomic E-state index is 10.5. The van der Waals surface area contributed by atoms with E-state index in [0.717, 1.165) is 47.1 Å². The average Bonchev–Trinajstić information content (AvgIpc) is 2.43. The van der Waals surface area contributed by atoms with Crippen LogP contribution < -0.4 is 5.32 Å². The Hall–Kier alpha value is -0.100. The number of phenolic OH excluding ortho intramolecular Hbond substituents is 1. The van der Waals surface area contributed by atoms with Crippen LogP contribution in [0.5, 0.6) is 5.75 Å². The molecule has 0 spiro atoms. The molecule has 0 aromatic heterocycles. The van der Waals surface area contributed by atoms with E-state index in [9.17, 15) is 5.11 Å². The van der Waals surface area contributed by atoms with Gasteiger partial charge in [0.15, 0.2) is 0 Å². The molecular formula is C15H22Br2N2O. The molecule has 0 radical (unpaired) electrons. The van der Waals surface area contributed by atoms with Crippen molar-refractivity contribution in [2.45, 2.75) is 26.3 Å². The van der Waals surface area contributed by atoms with Gasteiger partial charge >= 0.3 is 0 Å². The van der Waals surface area contributed by atoms with Crippen molar-refractivity contribution >= 4 is 31.9 Å². The molecule has 1 heterocycles. The molecule has 2 rings (SSSR count). The summed E-state index contributed by atoms with van der Waals surface area (Å²) in [6.45, 7) is 8.55. The zero-order chi connectivity index (χ0) is 14.7. The minimum atomic E-state index is 0.254. The molecule has 1 aliphatic rings. The third kappa shape index (κ3) is 3.75. The van der Waals surface area contributed by atoms with Gasteiger partial charge < -0.3 is 10.4 Å². The summed E-state index contributed by atoms with van der Waals surface area (Å²) in [7, 11) is 0. The number of aromatic hydroxyl groups is 1. The van der Waals surface area contributed by atoms with Crippen LogP contribution in [0.1, 0.15) is 31.9 Å². The van der Waals surface area contributed by atoms with Crippen LogP contribution >= 0.6 is 31.9 Å². The van der Waals surface area contributed by atoms with E-state index in [0.29, 0.717) is 11.7 Å². The molecule has 3 nitrogen and oxygen atoms in total. The Labute approximate surface area is 138 Å².